The van der Waals surface area contributed by atoms with E-state index in [1.807, 2.05) is 54.6 Å². The largest absolute Gasteiger partial charge is 0.338 e. The van der Waals surface area contributed by atoms with Crippen molar-refractivity contribution in [1.82, 2.24) is 9.71 Å². The molecule has 0 fully saturated rings. The highest BCUT2D eigenvalue weighted by molar-refractivity contribution is 7.83. The Balaban J connectivity index is 1.31. The monoisotopic (exact) mass is 523 g/mol. The first-order valence-corrected chi connectivity index (χ1v) is 13.0. The molecule has 5 rings (SSSR count). The molecule has 1 amide bonds. The zero-order chi connectivity index (χ0) is 26.6. The van der Waals surface area contributed by atoms with E-state index >= 15 is 0 Å². The minimum atomic E-state index is -1.43. The van der Waals surface area contributed by atoms with E-state index in [4.69, 9.17) is 10.8 Å². The fourth-order valence-electron chi connectivity index (χ4n) is 4.08. The van der Waals surface area contributed by atoms with Gasteiger partial charge in [0.1, 0.15) is 22.7 Å². The molecule has 3 aromatic carbocycles. The second-order valence-electron chi connectivity index (χ2n) is 8.57. The van der Waals surface area contributed by atoms with Gasteiger partial charge in [-0.3, -0.25) is 20.5 Å². The lowest BCUT2D eigenvalue weighted by atomic mass is 10.1. The Hall–Kier alpha value is -4.67. The van der Waals surface area contributed by atoms with Gasteiger partial charge in [-0.15, -0.1) is 0 Å². The Bertz CT molecular complexity index is 1550. The van der Waals surface area contributed by atoms with Crippen LogP contribution in [0.25, 0.3) is 0 Å². The number of amides is 1. The number of hydrogen-bond donors (Lipinski definition) is 5. The molecule has 0 bridgehead atoms. The van der Waals surface area contributed by atoms with Crippen LogP contribution in [-0.4, -0.2) is 26.8 Å². The van der Waals surface area contributed by atoms with Gasteiger partial charge in [0, 0.05) is 36.5 Å². The number of carbonyl (C=O) groups excluding carboxylic acids is 1. The quantitative estimate of drug-likeness (QED) is 0.183. The van der Waals surface area contributed by atoms with Crippen molar-refractivity contribution >= 4 is 51.4 Å². The molecule has 0 saturated heterocycles. The molecule has 1 aromatic heterocycles. The first-order valence-electron chi connectivity index (χ1n) is 11.8. The second kappa shape index (κ2) is 10.8. The van der Waals surface area contributed by atoms with Crippen LogP contribution in [0.4, 0.5) is 22.9 Å². The van der Waals surface area contributed by atoms with Crippen LogP contribution in [0.3, 0.4) is 0 Å². The number of carbonyl (C=O) groups is 1. The van der Waals surface area contributed by atoms with E-state index in [-0.39, 0.29) is 17.6 Å². The first-order chi connectivity index (χ1) is 18.4. The molecular weight excluding hydrogens is 498 g/mol. The fourth-order valence-corrected chi connectivity index (χ4v) is 4.93. The van der Waals surface area contributed by atoms with Gasteiger partial charge in [0.2, 0.25) is 5.91 Å². The summed E-state index contributed by atoms with van der Waals surface area (Å²) in [5, 5.41) is 23.9. The van der Waals surface area contributed by atoms with Gasteiger partial charge in [-0.1, -0.05) is 36.4 Å². The summed E-state index contributed by atoms with van der Waals surface area (Å²) >= 11 is 0. The molecule has 0 radical (unpaired) electrons. The molecule has 10 heteroatoms. The molecule has 5 N–H and O–H groups in total. The number of pyridine rings is 1. The van der Waals surface area contributed by atoms with Crippen molar-refractivity contribution in [2.75, 3.05) is 15.5 Å². The number of amidine groups is 2. The van der Waals surface area contributed by atoms with Crippen LogP contribution in [0.15, 0.2) is 96.0 Å². The van der Waals surface area contributed by atoms with Crippen LogP contribution >= 0.6 is 0 Å². The number of aromatic nitrogens is 1. The minimum Gasteiger partial charge on any atom is -0.338 e. The van der Waals surface area contributed by atoms with E-state index in [1.165, 1.54) is 6.92 Å². The number of benzene rings is 3. The Kier molecular flexibility index (Phi) is 7.07. The SMILES string of the molecule is CC(=O)Nc1ccc(S(=O)NCc2ccc(C(=N)N3C(=N)c4ccccc4Nc4ncccc43)cc2)cc1. The van der Waals surface area contributed by atoms with E-state index in [9.17, 15) is 9.00 Å². The summed E-state index contributed by atoms with van der Waals surface area (Å²) in [7, 11) is -1.43. The summed E-state index contributed by atoms with van der Waals surface area (Å²) < 4.78 is 15.7. The highest BCUT2D eigenvalue weighted by atomic mass is 32.2. The van der Waals surface area contributed by atoms with E-state index in [2.05, 4.69) is 20.3 Å². The summed E-state index contributed by atoms with van der Waals surface area (Å²) in [5.41, 5.74) is 4.21. The van der Waals surface area contributed by atoms with Crippen LogP contribution in [-0.2, 0) is 22.3 Å². The van der Waals surface area contributed by atoms with Crippen molar-refractivity contribution in [1.29, 1.82) is 10.8 Å². The molecule has 4 aromatic rings. The average Bonchev–Trinajstić information content (AvgIpc) is 3.05. The van der Waals surface area contributed by atoms with Crippen molar-refractivity contribution in [2.45, 2.75) is 18.4 Å². The highest BCUT2D eigenvalue weighted by Gasteiger charge is 2.28. The van der Waals surface area contributed by atoms with Crippen molar-refractivity contribution in [3.05, 3.63) is 108 Å². The van der Waals surface area contributed by atoms with Crippen LogP contribution in [0.2, 0.25) is 0 Å². The molecule has 0 saturated carbocycles. The topological polar surface area (TPSA) is 134 Å². The molecule has 190 valence electrons. The summed E-state index contributed by atoms with van der Waals surface area (Å²) in [4.78, 5) is 17.8. The smallest absolute Gasteiger partial charge is 0.221 e. The Morgan fingerprint density at radius 1 is 1.00 bits per heavy atom. The lowest BCUT2D eigenvalue weighted by Gasteiger charge is -2.25. The standard InChI is InChI=1S/C28H25N7O2S/c1-18(36)33-21-12-14-22(15-13-21)38(37)32-17-19-8-10-20(11-9-19)26(29)35-25-7-4-16-31-28(25)34-24-6-3-2-5-23(24)27(35)30/h2-16,29-30,32H,17H2,1H3,(H,31,34)(H,33,36). The van der Waals surface area contributed by atoms with E-state index in [1.54, 1.807) is 41.4 Å². The van der Waals surface area contributed by atoms with Gasteiger partial charge in [0.05, 0.1) is 16.3 Å². The molecule has 2 heterocycles. The predicted molar refractivity (Wildman–Crippen MR) is 151 cm³/mol. The number of nitrogens with zero attached hydrogens (tertiary/aromatic N) is 2. The van der Waals surface area contributed by atoms with Crippen LogP contribution in [0.5, 0.6) is 0 Å². The third-order valence-electron chi connectivity index (χ3n) is 5.93. The maximum absolute atomic E-state index is 12.7. The first kappa shape index (κ1) is 25.0. The van der Waals surface area contributed by atoms with Crippen LogP contribution in [0, 0.1) is 10.8 Å². The Morgan fingerprint density at radius 3 is 2.47 bits per heavy atom. The van der Waals surface area contributed by atoms with Gasteiger partial charge < -0.3 is 10.6 Å². The molecule has 38 heavy (non-hydrogen) atoms. The molecule has 0 spiro atoms. The van der Waals surface area contributed by atoms with E-state index in [0.717, 1.165) is 11.3 Å². The minimum absolute atomic E-state index is 0.144. The molecular formula is C28H25N7O2S. The average molecular weight is 524 g/mol. The van der Waals surface area contributed by atoms with Crippen molar-refractivity contribution in [2.24, 2.45) is 0 Å². The molecule has 1 unspecified atom stereocenters. The highest BCUT2D eigenvalue weighted by Crippen LogP contribution is 2.34. The van der Waals surface area contributed by atoms with Crippen molar-refractivity contribution in [3.63, 3.8) is 0 Å². The molecule has 1 atom stereocenters. The molecule has 1 aliphatic rings. The molecule has 9 nitrogen and oxygen atoms in total. The maximum Gasteiger partial charge on any atom is 0.221 e. The molecule has 1 aliphatic heterocycles. The van der Waals surface area contributed by atoms with Gasteiger partial charge in [0.25, 0.3) is 0 Å². The lowest BCUT2D eigenvalue weighted by molar-refractivity contribution is -0.114. The zero-order valence-electron chi connectivity index (χ0n) is 20.5. The molecule has 0 aliphatic carbocycles. The van der Waals surface area contributed by atoms with E-state index in [0.29, 0.717) is 39.8 Å². The fraction of sp³-hybridized carbons (Fsp3) is 0.0714. The Morgan fingerprint density at radius 2 is 1.74 bits per heavy atom. The lowest BCUT2D eigenvalue weighted by Crippen LogP contribution is -2.36. The predicted octanol–water partition coefficient (Wildman–Crippen LogP) is 4.77. The number of anilines is 4. The summed E-state index contributed by atoms with van der Waals surface area (Å²) in [6.07, 6.45) is 1.67. The van der Waals surface area contributed by atoms with Gasteiger partial charge in [-0.05, 0) is 54.1 Å². The number of para-hydroxylation sites is 1. The number of nitrogens with one attached hydrogen (secondary N) is 5. The van der Waals surface area contributed by atoms with Crippen molar-refractivity contribution < 1.29 is 9.00 Å². The van der Waals surface area contributed by atoms with Gasteiger partial charge in [0.15, 0.2) is 5.82 Å². The Labute approximate surface area is 222 Å². The van der Waals surface area contributed by atoms with E-state index < -0.39 is 11.0 Å². The van der Waals surface area contributed by atoms with Crippen LogP contribution in [0.1, 0.15) is 23.6 Å². The summed E-state index contributed by atoms with van der Waals surface area (Å²) in [6, 6.07) is 25.3. The normalized spacial score (nSPS) is 13.0. The number of fused-ring (bicyclic) bond motifs is 2. The maximum atomic E-state index is 12.7. The van der Waals surface area contributed by atoms with Crippen molar-refractivity contribution in [3.8, 4) is 0 Å². The number of rotatable bonds is 6. The van der Waals surface area contributed by atoms with Gasteiger partial charge >= 0.3 is 0 Å². The van der Waals surface area contributed by atoms with Crippen LogP contribution < -0.4 is 20.3 Å². The third-order valence-corrected chi connectivity index (χ3v) is 7.04. The number of hydrogen-bond acceptors (Lipinski definition) is 6. The third kappa shape index (κ3) is 5.22. The van der Waals surface area contributed by atoms with Gasteiger partial charge in [-0.2, -0.15) is 0 Å². The summed E-state index contributed by atoms with van der Waals surface area (Å²) in [6.45, 7) is 1.79. The zero-order valence-corrected chi connectivity index (χ0v) is 21.3. The summed E-state index contributed by atoms with van der Waals surface area (Å²) in [5.74, 6) is 0.726. The second-order valence-corrected chi connectivity index (χ2v) is 9.86. The van der Waals surface area contributed by atoms with Gasteiger partial charge in [-0.25, -0.2) is 13.9 Å².